The number of benzene rings is 2. The highest BCUT2D eigenvalue weighted by Gasteiger charge is 2.45. The lowest BCUT2D eigenvalue weighted by Gasteiger charge is -2.40. The van der Waals surface area contributed by atoms with Gasteiger partial charge in [-0.3, -0.25) is 9.69 Å². The second-order valence-corrected chi connectivity index (χ2v) is 6.73. The van der Waals surface area contributed by atoms with Gasteiger partial charge in [0.15, 0.2) is 0 Å². The molecule has 4 heteroatoms. The highest BCUT2D eigenvalue weighted by atomic mass is 16.5. The third-order valence-electron chi connectivity index (χ3n) is 4.96. The van der Waals surface area contributed by atoms with Gasteiger partial charge in [0.2, 0.25) is 0 Å². The monoisotopic (exact) mass is 322 g/mol. The number of carbonyl (C=O) groups is 1. The molecular formula is C20H22N2O2. The van der Waals surface area contributed by atoms with Crippen molar-refractivity contribution < 1.29 is 9.53 Å². The van der Waals surface area contributed by atoms with Gasteiger partial charge in [-0.1, -0.05) is 48.5 Å². The van der Waals surface area contributed by atoms with Crippen LogP contribution in [0.5, 0.6) is 0 Å². The molecule has 4 nitrogen and oxygen atoms in total. The maximum absolute atomic E-state index is 12.3. The lowest BCUT2D eigenvalue weighted by Crippen LogP contribution is -2.56. The van der Waals surface area contributed by atoms with Gasteiger partial charge in [-0.2, -0.15) is 0 Å². The standard InChI is InChI=1S/C20H22N2O2/c23-19-14-24-20(16-22(19)18-9-5-2-6-10-18)11-12-21(15-20)13-17-7-3-1-4-8-17/h1-10H,11-16H2. The largest absolute Gasteiger partial charge is 0.362 e. The molecule has 1 spiro atoms. The van der Waals surface area contributed by atoms with Crippen LogP contribution in [0.1, 0.15) is 12.0 Å². The first kappa shape index (κ1) is 15.4. The highest BCUT2D eigenvalue weighted by Crippen LogP contribution is 2.32. The van der Waals surface area contributed by atoms with E-state index in [0.29, 0.717) is 6.54 Å². The molecule has 24 heavy (non-hydrogen) atoms. The zero-order valence-electron chi connectivity index (χ0n) is 13.7. The maximum Gasteiger partial charge on any atom is 0.253 e. The van der Waals surface area contributed by atoms with E-state index in [1.54, 1.807) is 0 Å². The molecule has 0 bridgehead atoms. The summed E-state index contributed by atoms with van der Waals surface area (Å²) >= 11 is 0. The Hall–Kier alpha value is -2.17. The minimum Gasteiger partial charge on any atom is -0.362 e. The minimum absolute atomic E-state index is 0.0494. The van der Waals surface area contributed by atoms with Gasteiger partial charge < -0.3 is 9.64 Å². The van der Waals surface area contributed by atoms with Crippen molar-refractivity contribution in [2.24, 2.45) is 0 Å². The van der Waals surface area contributed by atoms with Crippen LogP contribution >= 0.6 is 0 Å². The van der Waals surface area contributed by atoms with E-state index in [4.69, 9.17) is 4.74 Å². The van der Waals surface area contributed by atoms with Crippen molar-refractivity contribution in [1.29, 1.82) is 0 Å². The average molecular weight is 322 g/mol. The molecule has 2 aromatic rings. The van der Waals surface area contributed by atoms with E-state index in [1.165, 1.54) is 5.56 Å². The molecule has 1 unspecified atom stereocenters. The molecule has 2 heterocycles. The number of hydrogen-bond acceptors (Lipinski definition) is 3. The molecule has 2 aromatic carbocycles. The van der Waals surface area contributed by atoms with E-state index in [1.807, 2.05) is 41.3 Å². The second kappa shape index (κ2) is 6.38. The Kier molecular flexibility index (Phi) is 4.08. The Bertz CT molecular complexity index is 704. The predicted molar refractivity (Wildman–Crippen MR) is 93.8 cm³/mol. The van der Waals surface area contributed by atoms with Crippen molar-refractivity contribution in [3.63, 3.8) is 0 Å². The Balaban J connectivity index is 1.47. The predicted octanol–water partition coefficient (Wildman–Crippen LogP) is 2.69. The fourth-order valence-corrected chi connectivity index (χ4v) is 3.71. The normalized spacial score (nSPS) is 24.7. The number of para-hydroxylation sites is 1. The number of amides is 1. The third kappa shape index (κ3) is 3.07. The third-order valence-corrected chi connectivity index (χ3v) is 4.96. The molecule has 2 fully saturated rings. The molecule has 0 aromatic heterocycles. The number of nitrogens with zero attached hydrogens (tertiary/aromatic N) is 2. The minimum atomic E-state index is -0.238. The van der Waals surface area contributed by atoms with Gasteiger partial charge in [0.05, 0.1) is 6.54 Å². The number of carbonyl (C=O) groups excluding carboxylic acids is 1. The molecule has 2 aliphatic rings. The first-order chi connectivity index (χ1) is 11.7. The fourth-order valence-electron chi connectivity index (χ4n) is 3.71. The summed E-state index contributed by atoms with van der Waals surface area (Å²) in [4.78, 5) is 16.6. The van der Waals surface area contributed by atoms with Crippen molar-refractivity contribution in [2.75, 3.05) is 31.1 Å². The molecule has 0 N–H and O–H groups in total. The van der Waals surface area contributed by atoms with Crippen LogP contribution in [-0.2, 0) is 16.1 Å². The summed E-state index contributed by atoms with van der Waals surface area (Å²) in [6.07, 6.45) is 0.969. The van der Waals surface area contributed by atoms with Gasteiger partial charge in [0, 0.05) is 25.3 Å². The van der Waals surface area contributed by atoms with Crippen molar-refractivity contribution in [1.82, 2.24) is 4.90 Å². The van der Waals surface area contributed by atoms with Crippen LogP contribution in [0, 0.1) is 0 Å². The summed E-state index contributed by atoms with van der Waals surface area (Å²) in [5.41, 5.74) is 2.05. The van der Waals surface area contributed by atoms with E-state index in [-0.39, 0.29) is 18.1 Å². The first-order valence-corrected chi connectivity index (χ1v) is 8.50. The lowest BCUT2D eigenvalue weighted by molar-refractivity contribution is -0.137. The molecular weight excluding hydrogens is 300 g/mol. The van der Waals surface area contributed by atoms with Crippen LogP contribution in [0.15, 0.2) is 60.7 Å². The molecule has 1 atom stereocenters. The molecule has 4 rings (SSSR count). The summed E-state index contributed by atoms with van der Waals surface area (Å²) in [5.74, 6) is 0.0494. The quantitative estimate of drug-likeness (QED) is 0.871. The van der Waals surface area contributed by atoms with Gasteiger partial charge in [-0.15, -0.1) is 0 Å². The van der Waals surface area contributed by atoms with Gasteiger partial charge in [0.1, 0.15) is 12.2 Å². The number of anilines is 1. The van der Waals surface area contributed by atoms with Crippen LogP contribution in [0.2, 0.25) is 0 Å². The number of hydrogen-bond donors (Lipinski definition) is 0. The highest BCUT2D eigenvalue weighted by molar-refractivity contribution is 5.95. The number of likely N-dealkylation sites (tertiary alicyclic amines) is 1. The Labute approximate surface area is 142 Å². The summed E-state index contributed by atoms with van der Waals surface area (Å²) in [7, 11) is 0. The molecule has 1 amide bonds. The van der Waals surface area contributed by atoms with Crippen LogP contribution in [0.4, 0.5) is 5.69 Å². The number of ether oxygens (including phenoxy) is 1. The Morgan fingerprint density at radius 1 is 0.958 bits per heavy atom. The average Bonchev–Trinajstić information content (AvgIpc) is 3.01. The van der Waals surface area contributed by atoms with Crippen LogP contribution in [0.25, 0.3) is 0 Å². The molecule has 2 saturated heterocycles. The second-order valence-electron chi connectivity index (χ2n) is 6.73. The Morgan fingerprint density at radius 2 is 1.67 bits per heavy atom. The van der Waals surface area contributed by atoms with Crippen LogP contribution in [0.3, 0.4) is 0 Å². The molecule has 0 aliphatic carbocycles. The summed E-state index contributed by atoms with van der Waals surface area (Å²) in [5, 5.41) is 0. The van der Waals surface area contributed by atoms with E-state index in [2.05, 4.69) is 29.2 Å². The van der Waals surface area contributed by atoms with Crippen molar-refractivity contribution in [2.45, 2.75) is 18.6 Å². The van der Waals surface area contributed by atoms with E-state index >= 15 is 0 Å². The van der Waals surface area contributed by atoms with Crippen molar-refractivity contribution in [3.05, 3.63) is 66.2 Å². The zero-order chi connectivity index (χ0) is 16.4. The summed E-state index contributed by atoms with van der Waals surface area (Å²) in [6.45, 7) is 3.63. The summed E-state index contributed by atoms with van der Waals surface area (Å²) in [6, 6.07) is 20.4. The lowest BCUT2D eigenvalue weighted by atomic mass is 10.00. The maximum atomic E-state index is 12.3. The smallest absolute Gasteiger partial charge is 0.253 e. The van der Waals surface area contributed by atoms with E-state index < -0.39 is 0 Å². The van der Waals surface area contributed by atoms with Crippen molar-refractivity contribution >= 4 is 11.6 Å². The topological polar surface area (TPSA) is 32.8 Å². The Morgan fingerprint density at radius 3 is 2.42 bits per heavy atom. The molecule has 2 aliphatic heterocycles. The molecule has 0 radical (unpaired) electrons. The van der Waals surface area contributed by atoms with Gasteiger partial charge >= 0.3 is 0 Å². The first-order valence-electron chi connectivity index (χ1n) is 8.50. The van der Waals surface area contributed by atoms with Gasteiger partial charge in [-0.05, 0) is 24.1 Å². The number of morpholine rings is 1. The number of rotatable bonds is 3. The van der Waals surface area contributed by atoms with Crippen LogP contribution in [-0.4, -0.2) is 42.6 Å². The zero-order valence-corrected chi connectivity index (χ0v) is 13.7. The summed E-state index contributed by atoms with van der Waals surface area (Å²) < 4.78 is 6.03. The SMILES string of the molecule is O=C1COC2(CCN(Cc3ccccc3)C2)CN1c1ccccc1. The van der Waals surface area contributed by atoms with E-state index in [0.717, 1.165) is 31.7 Å². The van der Waals surface area contributed by atoms with Crippen molar-refractivity contribution in [3.8, 4) is 0 Å². The van der Waals surface area contributed by atoms with Gasteiger partial charge in [0.25, 0.3) is 5.91 Å². The van der Waals surface area contributed by atoms with E-state index in [9.17, 15) is 4.79 Å². The van der Waals surface area contributed by atoms with Gasteiger partial charge in [-0.25, -0.2) is 0 Å². The molecule has 124 valence electrons. The molecule has 0 saturated carbocycles. The fraction of sp³-hybridized carbons (Fsp3) is 0.350. The van der Waals surface area contributed by atoms with Crippen LogP contribution < -0.4 is 4.90 Å².